The molecule has 1 unspecified atom stereocenters. The molecule has 0 aromatic carbocycles. The van der Waals surface area contributed by atoms with Crippen LogP contribution in [0.15, 0.2) is 0 Å². The zero-order valence-electron chi connectivity index (χ0n) is 14.6. The maximum Gasteiger partial charge on any atom is 0.329 e. The molecule has 0 aromatic rings. The summed E-state index contributed by atoms with van der Waals surface area (Å²) in [5.74, 6) is 2.05. The Balaban J connectivity index is 1.42. The van der Waals surface area contributed by atoms with Gasteiger partial charge in [0, 0.05) is 20.0 Å². The Hall–Kier alpha value is -1.26. The average Bonchev–Trinajstić information content (AvgIpc) is 3.23. The topological polar surface area (TPSA) is 58.6 Å². The Bertz CT molecular complexity index is 471. The SMILES string of the molecule is CN(C(=O)NC[C@@H]1C[C@H]1C1CCCCC1)C1CC(C)(C)OC1=O. The lowest BCUT2D eigenvalue weighted by atomic mass is 9.85. The number of carbonyl (C=O) groups excluding carboxylic acids is 2. The molecular formula is C18H30N2O3. The summed E-state index contributed by atoms with van der Waals surface area (Å²) in [5, 5.41) is 3.02. The van der Waals surface area contributed by atoms with Crippen molar-refractivity contribution in [3.05, 3.63) is 0 Å². The molecule has 2 amide bonds. The maximum absolute atomic E-state index is 12.3. The van der Waals surface area contributed by atoms with E-state index in [1.807, 2.05) is 13.8 Å². The number of nitrogens with one attached hydrogen (secondary N) is 1. The van der Waals surface area contributed by atoms with Gasteiger partial charge in [0.2, 0.25) is 0 Å². The molecule has 3 aliphatic rings. The number of esters is 1. The van der Waals surface area contributed by atoms with Crippen molar-refractivity contribution >= 4 is 12.0 Å². The van der Waals surface area contributed by atoms with Gasteiger partial charge in [-0.05, 0) is 38.0 Å². The highest BCUT2D eigenvalue weighted by Crippen LogP contribution is 2.48. The minimum atomic E-state index is -0.473. The Kier molecular flexibility index (Phi) is 4.56. The molecule has 3 rings (SSSR count). The van der Waals surface area contributed by atoms with Crippen LogP contribution in [-0.4, -0.2) is 42.1 Å². The van der Waals surface area contributed by atoms with Crippen molar-refractivity contribution in [2.75, 3.05) is 13.6 Å². The molecule has 5 nitrogen and oxygen atoms in total. The second-order valence-corrected chi connectivity index (χ2v) is 8.26. The number of rotatable bonds is 4. The molecule has 2 aliphatic carbocycles. The molecule has 1 aliphatic heterocycles. The van der Waals surface area contributed by atoms with Crippen LogP contribution in [-0.2, 0) is 9.53 Å². The van der Waals surface area contributed by atoms with E-state index >= 15 is 0 Å². The lowest BCUT2D eigenvalue weighted by Gasteiger charge is -2.23. The van der Waals surface area contributed by atoms with Crippen LogP contribution in [0.4, 0.5) is 4.79 Å². The highest BCUT2D eigenvalue weighted by molar-refractivity contribution is 5.85. The van der Waals surface area contributed by atoms with Crippen molar-refractivity contribution in [1.29, 1.82) is 0 Å². The van der Waals surface area contributed by atoms with Gasteiger partial charge in [0.25, 0.3) is 0 Å². The molecule has 3 fully saturated rings. The largest absolute Gasteiger partial charge is 0.458 e. The van der Waals surface area contributed by atoms with Gasteiger partial charge < -0.3 is 15.0 Å². The molecule has 1 saturated heterocycles. The fourth-order valence-electron chi connectivity index (χ4n) is 4.36. The Morgan fingerprint density at radius 2 is 2.00 bits per heavy atom. The fourth-order valence-corrected chi connectivity index (χ4v) is 4.36. The van der Waals surface area contributed by atoms with E-state index in [0.29, 0.717) is 12.3 Å². The second-order valence-electron chi connectivity index (χ2n) is 8.26. The van der Waals surface area contributed by atoms with Gasteiger partial charge >= 0.3 is 12.0 Å². The van der Waals surface area contributed by atoms with Crippen LogP contribution in [0, 0.1) is 17.8 Å². The zero-order valence-corrected chi connectivity index (χ0v) is 14.6. The van der Waals surface area contributed by atoms with E-state index < -0.39 is 11.6 Å². The maximum atomic E-state index is 12.3. The van der Waals surface area contributed by atoms with Crippen molar-refractivity contribution in [2.45, 2.75) is 70.4 Å². The summed E-state index contributed by atoms with van der Waals surface area (Å²) in [4.78, 5) is 25.7. The smallest absolute Gasteiger partial charge is 0.329 e. The Morgan fingerprint density at radius 3 is 2.61 bits per heavy atom. The first-order chi connectivity index (χ1) is 10.9. The standard InChI is InChI=1S/C18H30N2O3/c1-18(2)10-15(16(21)23-18)20(3)17(22)19-11-13-9-14(13)12-7-5-4-6-8-12/h12-15H,4-11H2,1-3H3,(H,19,22)/t13-,14-,15?/m0/s1. The predicted octanol–water partition coefficient (Wildman–Crippen LogP) is 2.94. The van der Waals surface area contributed by atoms with E-state index in [1.54, 1.807) is 7.05 Å². The van der Waals surface area contributed by atoms with Gasteiger partial charge in [0.15, 0.2) is 0 Å². The number of likely N-dealkylation sites (N-methyl/N-ethyl adjacent to an activating group) is 1. The molecule has 0 aromatic heterocycles. The number of cyclic esters (lactones) is 1. The molecule has 0 radical (unpaired) electrons. The van der Waals surface area contributed by atoms with Gasteiger partial charge in [-0.3, -0.25) is 0 Å². The molecule has 1 heterocycles. The van der Waals surface area contributed by atoms with Crippen LogP contribution >= 0.6 is 0 Å². The quantitative estimate of drug-likeness (QED) is 0.810. The summed E-state index contributed by atoms with van der Waals surface area (Å²) >= 11 is 0. The molecule has 3 atom stereocenters. The first-order valence-corrected chi connectivity index (χ1v) is 9.11. The van der Waals surface area contributed by atoms with Crippen LogP contribution in [0.2, 0.25) is 0 Å². The Morgan fingerprint density at radius 1 is 1.30 bits per heavy atom. The first kappa shape index (κ1) is 16.6. The molecule has 0 spiro atoms. The summed E-state index contributed by atoms with van der Waals surface area (Å²) in [5.41, 5.74) is -0.473. The number of nitrogens with zero attached hydrogens (tertiary/aromatic N) is 1. The fraction of sp³-hybridized carbons (Fsp3) is 0.889. The molecule has 0 bridgehead atoms. The summed E-state index contributed by atoms with van der Waals surface area (Å²) in [6.45, 7) is 4.51. The third-order valence-electron chi connectivity index (χ3n) is 5.87. The van der Waals surface area contributed by atoms with Crippen LogP contribution < -0.4 is 5.32 Å². The van der Waals surface area contributed by atoms with Gasteiger partial charge in [-0.1, -0.05) is 32.1 Å². The third-order valence-corrected chi connectivity index (χ3v) is 5.87. The highest BCUT2D eigenvalue weighted by Gasteiger charge is 2.45. The third kappa shape index (κ3) is 3.81. The van der Waals surface area contributed by atoms with E-state index in [2.05, 4.69) is 5.32 Å². The van der Waals surface area contributed by atoms with E-state index in [0.717, 1.165) is 18.4 Å². The molecule has 23 heavy (non-hydrogen) atoms. The minimum Gasteiger partial charge on any atom is -0.458 e. The molecule has 1 N–H and O–H groups in total. The van der Waals surface area contributed by atoms with Crippen molar-refractivity contribution in [1.82, 2.24) is 10.2 Å². The molecule has 2 saturated carbocycles. The zero-order chi connectivity index (χ0) is 16.6. The van der Waals surface area contributed by atoms with Crippen LogP contribution in [0.5, 0.6) is 0 Å². The van der Waals surface area contributed by atoms with Crippen LogP contribution in [0.25, 0.3) is 0 Å². The molecular weight excluding hydrogens is 292 g/mol. The molecule has 5 heteroatoms. The summed E-state index contributed by atoms with van der Waals surface area (Å²) in [6.07, 6.45) is 8.71. The van der Waals surface area contributed by atoms with E-state index in [1.165, 1.54) is 43.4 Å². The van der Waals surface area contributed by atoms with Crippen molar-refractivity contribution in [3.8, 4) is 0 Å². The second kappa shape index (κ2) is 6.33. The van der Waals surface area contributed by atoms with Gasteiger partial charge in [-0.2, -0.15) is 0 Å². The van der Waals surface area contributed by atoms with E-state index in [-0.39, 0.29) is 12.0 Å². The number of carbonyl (C=O) groups is 2. The van der Waals surface area contributed by atoms with Crippen molar-refractivity contribution in [3.63, 3.8) is 0 Å². The van der Waals surface area contributed by atoms with Gasteiger partial charge in [-0.25, -0.2) is 9.59 Å². The van der Waals surface area contributed by atoms with Gasteiger partial charge in [0.05, 0.1) is 0 Å². The summed E-state index contributed by atoms with van der Waals surface area (Å²) < 4.78 is 5.31. The highest BCUT2D eigenvalue weighted by atomic mass is 16.6. The summed E-state index contributed by atoms with van der Waals surface area (Å²) in [6, 6.07) is -0.614. The monoisotopic (exact) mass is 322 g/mol. The van der Waals surface area contributed by atoms with Crippen molar-refractivity contribution < 1.29 is 14.3 Å². The van der Waals surface area contributed by atoms with Crippen LogP contribution in [0.3, 0.4) is 0 Å². The van der Waals surface area contributed by atoms with E-state index in [9.17, 15) is 9.59 Å². The van der Waals surface area contributed by atoms with Crippen LogP contribution in [0.1, 0.15) is 58.8 Å². The summed E-state index contributed by atoms with van der Waals surface area (Å²) in [7, 11) is 1.69. The predicted molar refractivity (Wildman–Crippen MR) is 87.9 cm³/mol. The number of ether oxygens (including phenoxy) is 1. The normalized spacial score (nSPS) is 33.2. The van der Waals surface area contributed by atoms with Crippen molar-refractivity contribution in [2.24, 2.45) is 17.8 Å². The average molecular weight is 322 g/mol. The first-order valence-electron chi connectivity index (χ1n) is 9.11. The van der Waals surface area contributed by atoms with E-state index in [4.69, 9.17) is 4.74 Å². The lowest BCUT2D eigenvalue weighted by molar-refractivity contribution is -0.148. The number of hydrogen-bond donors (Lipinski definition) is 1. The number of urea groups is 1. The number of hydrogen-bond acceptors (Lipinski definition) is 3. The van der Waals surface area contributed by atoms with Gasteiger partial charge in [-0.15, -0.1) is 0 Å². The lowest BCUT2D eigenvalue weighted by Crippen LogP contribution is -2.46. The van der Waals surface area contributed by atoms with Gasteiger partial charge in [0.1, 0.15) is 11.6 Å². The molecule has 130 valence electrons. The Labute approximate surface area is 139 Å². The number of amides is 2. The minimum absolute atomic E-state index is 0.154.